The Morgan fingerprint density at radius 3 is 0.901 bits per heavy atom. The topological polar surface area (TPSA) is 78.9 Å². The molecule has 0 rings (SSSR count). The van der Waals surface area contributed by atoms with Crippen molar-refractivity contribution >= 4 is 17.9 Å². The lowest BCUT2D eigenvalue weighted by Crippen LogP contribution is -2.30. The second-order valence-electron chi connectivity index (χ2n) is 19.5. The minimum absolute atomic E-state index is 0.0838. The number of carbonyl (C=O) groups excluding carboxylic acids is 3. The van der Waals surface area contributed by atoms with Crippen LogP contribution in [0.3, 0.4) is 0 Å². The van der Waals surface area contributed by atoms with Crippen molar-refractivity contribution in [1.29, 1.82) is 0 Å². The van der Waals surface area contributed by atoms with E-state index in [2.05, 4.69) is 118 Å². The summed E-state index contributed by atoms with van der Waals surface area (Å²) in [5.41, 5.74) is 0. The van der Waals surface area contributed by atoms with Gasteiger partial charge in [-0.3, -0.25) is 14.4 Å². The number of allylic oxidation sites excluding steroid dienone is 16. The molecule has 0 aromatic rings. The van der Waals surface area contributed by atoms with Crippen molar-refractivity contribution in [3.63, 3.8) is 0 Å². The fourth-order valence-electron chi connectivity index (χ4n) is 8.11. The maximum absolute atomic E-state index is 12.8. The number of unbranched alkanes of at least 4 members (excludes halogenated alkanes) is 26. The molecule has 0 saturated carbocycles. The van der Waals surface area contributed by atoms with Gasteiger partial charge in [-0.05, 0) is 96.3 Å². The van der Waals surface area contributed by atoms with Crippen LogP contribution in [0.15, 0.2) is 97.2 Å². The van der Waals surface area contributed by atoms with E-state index in [1.54, 1.807) is 0 Å². The van der Waals surface area contributed by atoms with E-state index >= 15 is 0 Å². The van der Waals surface area contributed by atoms with Gasteiger partial charge in [-0.15, -0.1) is 0 Å². The maximum atomic E-state index is 12.8. The van der Waals surface area contributed by atoms with Crippen molar-refractivity contribution in [1.82, 2.24) is 0 Å². The third-order valence-corrected chi connectivity index (χ3v) is 12.6. The molecule has 6 heteroatoms. The molecule has 0 radical (unpaired) electrons. The van der Waals surface area contributed by atoms with Crippen LogP contribution >= 0.6 is 0 Å². The molecule has 0 N–H and O–H groups in total. The average Bonchev–Trinajstić information content (AvgIpc) is 3.37. The largest absolute Gasteiger partial charge is 0.462 e. The molecule has 1 unspecified atom stereocenters. The molecule has 0 amide bonds. The van der Waals surface area contributed by atoms with E-state index in [1.165, 1.54) is 109 Å². The predicted octanol–water partition coefficient (Wildman–Crippen LogP) is 20.1. The van der Waals surface area contributed by atoms with Crippen LogP contribution in [-0.4, -0.2) is 37.2 Å². The lowest BCUT2D eigenvalue weighted by molar-refractivity contribution is -0.167. The summed E-state index contributed by atoms with van der Waals surface area (Å²) < 4.78 is 16.8. The summed E-state index contributed by atoms with van der Waals surface area (Å²) in [6.07, 6.45) is 78.3. The fraction of sp³-hybridized carbons (Fsp3) is 0.708. The van der Waals surface area contributed by atoms with Gasteiger partial charge >= 0.3 is 17.9 Å². The van der Waals surface area contributed by atoms with Gasteiger partial charge in [0.15, 0.2) is 6.10 Å². The van der Waals surface area contributed by atoms with E-state index in [0.717, 1.165) is 128 Å². The van der Waals surface area contributed by atoms with Gasteiger partial charge in [-0.1, -0.05) is 259 Å². The Hall–Kier alpha value is -3.67. The Labute approximate surface area is 438 Å². The number of hydrogen-bond donors (Lipinski definition) is 0. The summed E-state index contributed by atoms with van der Waals surface area (Å²) >= 11 is 0. The lowest BCUT2D eigenvalue weighted by Gasteiger charge is -2.18. The summed E-state index contributed by atoms with van der Waals surface area (Å²) in [6, 6.07) is 0. The van der Waals surface area contributed by atoms with E-state index in [0.29, 0.717) is 19.3 Å². The van der Waals surface area contributed by atoms with E-state index in [-0.39, 0.29) is 31.1 Å². The third-order valence-electron chi connectivity index (χ3n) is 12.6. The molecule has 0 aliphatic heterocycles. The van der Waals surface area contributed by atoms with Gasteiger partial charge in [-0.2, -0.15) is 0 Å². The number of hydrogen-bond acceptors (Lipinski definition) is 6. The Kier molecular flexibility index (Phi) is 55.9. The van der Waals surface area contributed by atoms with Crippen LogP contribution in [0.25, 0.3) is 0 Å². The van der Waals surface area contributed by atoms with Crippen molar-refractivity contribution in [2.24, 2.45) is 0 Å². The number of ether oxygens (including phenoxy) is 3. The molecular weight excluding hydrogens is 877 g/mol. The van der Waals surface area contributed by atoms with E-state index in [1.807, 2.05) is 0 Å². The standard InChI is InChI=1S/C65H110O6/c1-4-7-10-13-16-19-22-25-27-28-29-30-31-32-33-34-35-36-37-38-39-41-43-46-49-52-55-58-64(67)70-61-62(60-69-63(66)57-54-51-48-45-42-24-21-18-15-12-9-6-3)71-65(68)59-56-53-50-47-44-40-26-23-20-17-14-11-8-5-2/h7,10,14,16-17,19,23,25-27,29-30,32-33,35-36,62H,4-6,8-9,11-13,15,18,20-22,24,28,31,34,37-61H2,1-3H3/b10-7-,17-14-,19-16-,26-23-,27-25-,30-29-,33-32-,36-35-. The first-order valence-electron chi connectivity index (χ1n) is 29.7. The molecule has 0 aromatic carbocycles. The van der Waals surface area contributed by atoms with Gasteiger partial charge in [0.2, 0.25) is 0 Å². The monoisotopic (exact) mass is 987 g/mol. The Morgan fingerprint density at radius 1 is 0.296 bits per heavy atom. The van der Waals surface area contributed by atoms with Crippen molar-refractivity contribution in [2.75, 3.05) is 13.2 Å². The molecule has 406 valence electrons. The van der Waals surface area contributed by atoms with Crippen molar-refractivity contribution in [2.45, 2.75) is 284 Å². The van der Waals surface area contributed by atoms with Crippen molar-refractivity contribution in [3.05, 3.63) is 97.2 Å². The number of carbonyl (C=O) groups is 3. The highest BCUT2D eigenvalue weighted by molar-refractivity contribution is 5.71. The van der Waals surface area contributed by atoms with E-state index < -0.39 is 6.10 Å². The molecule has 0 aliphatic carbocycles. The SMILES string of the molecule is CC/C=C\C/C=C\C/C=C\C/C=C\C/C=C\C/C=C\CCCCCCCCCCC(=O)OCC(COC(=O)CCCCCCCCCCCCCC)OC(=O)CCCCCCC/C=C\C/C=C\CCCC. The van der Waals surface area contributed by atoms with Gasteiger partial charge < -0.3 is 14.2 Å². The van der Waals surface area contributed by atoms with Crippen LogP contribution in [0.4, 0.5) is 0 Å². The smallest absolute Gasteiger partial charge is 0.306 e. The summed E-state index contributed by atoms with van der Waals surface area (Å²) in [6.45, 7) is 6.47. The van der Waals surface area contributed by atoms with Gasteiger partial charge in [0.05, 0.1) is 0 Å². The average molecular weight is 988 g/mol. The van der Waals surface area contributed by atoms with E-state index in [4.69, 9.17) is 14.2 Å². The normalized spacial score (nSPS) is 12.8. The maximum Gasteiger partial charge on any atom is 0.306 e. The summed E-state index contributed by atoms with van der Waals surface area (Å²) in [5, 5.41) is 0. The third kappa shape index (κ3) is 57.1. The van der Waals surface area contributed by atoms with Crippen LogP contribution in [0.1, 0.15) is 278 Å². The zero-order chi connectivity index (χ0) is 51.4. The molecule has 0 bridgehead atoms. The number of esters is 3. The Bertz CT molecular complexity index is 1410. The molecule has 71 heavy (non-hydrogen) atoms. The first kappa shape index (κ1) is 67.3. The highest BCUT2D eigenvalue weighted by Crippen LogP contribution is 2.15. The molecule has 0 fully saturated rings. The molecule has 0 spiro atoms. The van der Waals surface area contributed by atoms with Crippen LogP contribution < -0.4 is 0 Å². The second kappa shape index (κ2) is 58.9. The summed E-state index contributed by atoms with van der Waals surface area (Å²) in [7, 11) is 0. The zero-order valence-corrected chi connectivity index (χ0v) is 46.5. The molecule has 0 heterocycles. The highest BCUT2D eigenvalue weighted by atomic mass is 16.6. The van der Waals surface area contributed by atoms with Gasteiger partial charge in [0.25, 0.3) is 0 Å². The summed E-state index contributed by atoms with van der Waals surface area (Å²) in [4.78, 5) is 38.1. The Balaban J connectivity index is 4.30. The number of rotatable bonds is 53. The first-order chi connectivity index (χ1) is 35.0. The Morgan fingerprint density at radius 2 is 0.563 bits per heavy atom. The zero-order valence-electron chi connectivity index (χ0n) is 46.5. The quantitative estimate of drug-likeness (QED) is 0.0261. The molecule has 0 aliphatic rings. The highest BCUT2D eigenvalue weighted by Gasteiger charge is 2.19. The second-order valence-corrected chi connectivity index (χ2v) is 19.5. The van der Waals surface area contributed by atoms with Crippen molar-refractivity contribution < 1.29 is 28.6 Å². The summed E-state index contributed by atoms with van der Waals surface area (Å²) in [5.74, 6) is -0.902. The molecule has 0 aromatic heterocycles. The van der Waals surface area contributed by atoms with Crippen LogP contribution in [0.2, 0.25) is 0 Å². The van der Waals surface area contributed by atoms with Gasteiger partial charge in [0.1, 0.15) is 13.2 Å². The fourth-order valence-corrected chi connectivity index (χ4v) is 8.11. The molecular formula is C65H110O6. The molecule has 0 saturated heterocycles. The van der Waals surface area contributed by atoms with E-state index in [9.17, 15) is 14.4 Å². The lowest BCUT2D eigenvalue weighted by atomic mass is 10.0. The predicted molar refractivity (Wildman–Crippen MR) is 307 cm³/mol. The van der Waals surface area contributed by atoms with Crippen LogP contribution in [0.5, 0.6) is 0 Å². The van der Waals surface area contributed by atoms with Crippen LogP contribution in [0, 0.1) is 0 Å². The van der Waals surface area contributed by atoms with Crippen LogP contribution in [-0.2, 0) is 28.6 Å². The minimum atomic E-state index is -0.787. The van der Waals surface area contributed by atoms with Gasteiger partial charge in [-0.25, -0.2) is 0 Å². The van der Waals surface area contributed by atoms with Gasteiger partial charge in [0, 0.05) is 19.3 Å². The molecule has 6 nitrogen and oxygen atoms in total. The molecule has 1 atom stereocenters. The first-order valence-corrected chi connectivity index (χ1v) is 29.7. The minimum Gasteiger partial charge on any atom is -0.462 e. The van der Waals surface area contributed by atoms with Crippen molar-refractivity contribution in [3.8, 4) is 0 Å².